The van der Waals surface area contributed by atoms with Gasteiger partial charge in [-0.3, -0.25) is 4.98 Å². The molecule has 29 heavy (non-hydrogen) atoms. The molecule has 5 rings (SSSR count). The van der Waals surface area contributed by atoms with Gasteiger partial charge in [0.05, 0.1) is 17.8 Å². The molecule has 0 amide bonds. The molecule has 4 nitrogen and oxygen atoms in total. The number of aromatic nitrogens is 2. The van der Waals surface area contributed by atoms with Crippen molar-refractivity contribution in [2.45, 2.75) is 44.8 Å². The molecule has 1 N–H and O–H groups in total. The van der Waals surface area contributed by atoms with Gasteiger partial charge < -0.3 is 14.8 Å². The molecule has 0 radical (unpaired) electrons. The lowest BCUT2D eigenvalue weighted by atomic mass is 9.96. The standard InChI is InChI=1S/C23H23BrN4S/c1-14-13-19(15(2)27(14)17-10-11-17)22-21(20-5-3-4-12-25-20)26-23(29)28(22)18-8-6-16(24)7-9-18/h3-9,12-13,17,21-22H,10-11H2,1-2H3,(H,26,29). The third kappa shape index (κ3) is 3.28. The summed E-state index contributed by atoms with van der Waals surface area (Å²) >= 11 is 9.37. The minimum absolute atomic E-state index is 0.000463. The van der Waals surface area contributed by atoms with Gasteiger partial charge in [-0.15, -0.1) is 0 Å². The van der Waals surface area contributed by atoms with Crippen molar-refractivity contribution in [3.05, 3.63) is 81.8 Å². The van der Waals surface area contributed by atoms with Gasteiger partial charge >= 0.3 is 0 Å². The van der Waals surface area contributed by atoms with Crippen LogP contribution in [0, 0.1) is 13.8 Å². The third-order valence-corrected chi connectivity index (χ3v) is 6.80. The van der Waals surface area contributed by atoms with Crippen LogP contribution < -0.4 is 10.2 Å². The number of halogens is 1. The second-order valence-electron chi connectivity index (χ2n) is 7.90. The van der Waals surface area contributed by atoms with Crippen molar-refractivity contribution in [1.82, 2.24) is 14.9 Å². The average Bonchev–Trinajstić information content (AvgIpc) is 3.43. The fourth-order valence-electron chi connectivity index (χ4n) is 4.55. The van der Waals surface area contributed by atoms with Crippen LogP contribution in [0.5, 0.6) is 0 Å². The highest BCUT2D eigenvalue weighted by Gasteiger charge is 2.42. The van der Waals surface area contributed by atoms with E-state index in [1.54, 1.807) is 0 Å². The lowest BCUT2D eigenvalue weighted by Crippen LogP contribution is -2.29. The van der Waals surface area contributed by atoms with Gasteiger partial charge in [-0.2, -0.15) is 0 Å². The summed E-state index contributed by atoms with van der Waals surface area (Å²) in [4.78, 5) is 6.91. The average molecular weight is 467 g/mol. The molecule has 1 saturated carbocycles. The summed E-state index contributed by atoms with van der Waals surface area (Å²) in [7, 11) is 0. The summed E-state index contributed by atoms with van der Waals surface area (Å²) in [6, 6.07) is 17.5. The summed E-state index contributed by atoms with van der Waals surface area (Å²) in [5.74, 6) is 0. The Labute approximate surface area is 185 Å². The Morgan fingerprint density at radius 3 is 2.52 bits per heavy atom. The predicted molar refractivity (Wildman–Crippen MR) is 124 cm³/mol. The van der Waals surface area contributed by atoms with Crippen LogP contribution in [-0.2, 0) is 0 Å². The summed E-state index contributed by atoms with van der Waals surface area (Å²) in [6.07, 6.45) is 4.40. The Hall–Kier alpha value is -2.18. The molecular weight excluding hydrogens is 444 g/mol. The van der Waals surface area contributed by atoms with Gasteiger partial charge in [0.2, 0.25) is 0 Å². The molecule has 0 spiro atoms. The van der Waals surface area contributed by atoms with Gasteiger partial charge in [-0.05, 0) is 86.9 Å². The van der Waals surface area contributed by atoms with Crippen molar-refractivity contribution in [2.24, 2.45) is 0 Å². The molecule has 2 atom stereocenters. The first-order chi connectivity index (χ1) is 14.0. The molecule has 2 aromatic heterocycles. The first-order valence-electron chi connectivity index (χ1n) is 9.99. The van der Waals surface area contributed by atoms with Crippen molar-refractivity contribution in [2.75, 3.05) is 4.90 Å². The molecule has 2 unspecified atom stereocenters. The zero-order chi connectivity index (χ0) is 20.1. The molecule has 1 aliphatic carbocycles. The fourth-order valence-corrected chi connectivity index (χ4v) is 5.16. The van der Waals surface area contributed by atoms with Crippen LogP contribution in [0.3, 0.4) is 0 Å². The van der Waals surface area contributed by atoms with E-state index in [9.17, 15) is 0 Å². The van der Waals surface area contributed by atoms with Gasteiger partial charge in [0.25, 0.3) is 0 Å². The van der Waals surface area contributed by atoms with Crippen molar-refractivity contribution in [3.63, 3.8) is 0 Å². The maximum absolute atomic E-state index is 5.82. The minimum Gasteiger partial charge on any atom is -0.351 e. The second kappa shape index (κ2) is 7.26. The highest BCUT2D eigenvalue weighted by Crippen LogP contribution is 2.46. The number of nitrogens with zero attached hydrogens (tertiary/aromatic N) is 3. The molecule has 1 aliphatic heterocycles. The number of anilines is 1. The van der Waals surface area contributed by atoms with E-state index in [1.807, 2.05) is 18.3 Å². The minimum atomic E-state index is 0.000463. The quantitative estimate of drug-likeness (QED) is 0.494. The maximum atomic E-state index is 5.82. The Morgan fingerprint density at radius 1 is 1.10 bits per heavy atom. The fraction of sp³-hybridized carbons (Fsp3) is 0.304. The van der Waals surface area contributed by atoms with Crippen LogP contribution in [0.25, 0.3) is 0 Å². The van der Waals surface area contributed by atoms with Crippen LogP contribution in [-0.4, -0.2) is 14.7 Å². The predicted octanol–water partition coefficient (Wildman–Crippen LogP) is 5.77. The Bertz CT molecular complexity index is 1060. The normalized spacial score (nSPS) is 21.5. The Balaban J connectivity index is 1.66. The molecular formula is C23H23BrN4S. The molecule has 6 heteroatoms. The van der Waals surface area contributed by atoms with Gasteiger partial charge in [0.15, 0.2) is 5.11 Å². The lowest BCUT2D eigenvalue weighted by Gasteiger charge is -2.28. The number of rotatable bonds is 4. The number of thiocarbonyl (C=S) groups is 1. The smallest absolute Gasteiger partial charge is 0.174 e. The lowest BCUT2D eigenvalue weighted by molar-refractivity contribution is 0.562. The topological polar surface area (TPSA) is 33.1 Å². The van der Waals surface area contributed by atoms with Crippen molar-refractivity contribution >= 4 is 38.9 Å². The maximum Gasteiger partial charge on any atom is 0.174 e. The first kappa shape index (κ1) is 18.8. The molecule has 1 saturated heterocycles. The SMILES string of the molecule is Cc1cc(C2C(c3ccccn3)NC(=S)N2c2ccc(Br)cc2)c(C)n1C1CC1. The van der Waals surface area contributed by atoms with Crippen molar-refractivity contribution in [1.29, 1.82) is 0 Å². The third-order valence-electron chi connectivity index (χ3n) is 5.96. The van der Waals surface area contributed by atoms with Crippen LogP contribution in [0.15, 0.2) is 59.2 Å². The van der Waals surface area contributed by atoms with E-state index in [-0.39, 0.29) is 12.1 Å². The zero-order valence-corrected chi connectivity index (χ0v) is 18.9. The first-order valence-corrected chi connectivity index (χ1v) is 11.2. The molecule has 2 aliphatic rings. The summed E-state index contributed by atoms with van der Waals surface area (Å²) < 4.78 is 3.57. The van der Waals surface area contributed by atoms with E-state index in [0.29, 0.717) is 6.04 Å². The van der Waals surface area contributed by atoms with Crippen LogP contribution >= 0.6 is 28.1 Å². The van der Waals surface area contributed by atoms with E-state index >= 15 is 0 Å². The number of hydrogen-bond donors (Lipinski definition) is 1. The van der Waals surface area contributed by atoms with Gasteiger partial charge in [0.1, 0.15) is 0 Å². The number of aryl methyl sites for hydroxylation is 1. The molecule has 3 aromatic rings. The van der Waals surface area contributed by atoms with E-state index in [4.69, 9.17) is 12.2 Å². The largest absolute Gasteiger partial charge is 0.351 e. The molecule has 2 fully saturated rings. The number of pyridine rings is 1. The van der Waals surface area contributed by atoms with Gasteiger partial charge in [-0.1, -0.05) is 22.0 Å². The summed E-state index contributed by atoms with van der Waals surface area (Å²) in [6.45, 7) is 4.46. The summed E-state index contributed by atoms with van der Waals surface area (Å²) in [5.41, 5.74) is 6.08. The van der Waals surface area contributed by atoms with E-state index in [0.717, 1.165) is 21.0 Å². The molecule has 3 heterocycles. The van der Waals surface area contributed by atoms with Crippen LogP contribution in [0.2, 0.25) is 0 Å². The Morgan fingerprint density at radius 2 is 1.86 bits per heavy atom. The molecule has 1 aromatic carbocycles. The van der Waals surface area contributed by atoms with Crippen LogP contribution in [0.4, 0.5) is 5.69 Å². The Kier molecular flexibility index (Phi) is 4.71. The van der Waals surface area contributed by atoms with Gasteiger partial charge in [0, 0.05) is 33.8 Å². The number of benzene rings is 1. The van der Waals surface area contributed by atoms with Crippen LogP contribution in [0.1, 0.15) is 53.6 Å². The number of nitrogens with one attached hydrogen (secondary N) is 1. The summed E-state index contributed by atoms with van der Waals surface area (Å²) in [5, 5.41) is 4.30. The molecule has 148 valence electrons. The van der Waals surface area contributed by atoms with E-state index < -0.39 is 0 Å². The zero-order valence-electron chi connectivity index (χ0n) is 16.5. The number of hydrogen-bond acceptors (Lipinski definition) is 2. The monoisotopic (exact) mass is 466 g/mol. The van der Waals surface area contributed by atoms with Crippen molar-refractivity contribution < 1.29 is 0 Å². The highest BCUT2D eigenvalue weighted by atomic mass is 79.9. The van der Waals surface area contributed by atoms with E-state index in [1.165, 1.54) is 29.8 Å². The van der Waals surface area contributed by atoms with Crippen molar-refractivity contribution in [3.8, 4) is 0 Å². The van der Waals surface area contributed by atoms with E-state index in [2.05, 4.69) is 85.9 Å². The highest BCUT2D eigenvalue weighted by molar-refractivity contribution is 9.10. The molecule has 0 bridgehead atoms. The van der Waals surface area contributed by atoms with Gasteiger partial charge in [-0.25, -0.2) is 0 Å². The second-order valence-corrected chi connectivity index (χ2v) is 9.20.